The topological polar surface area (TPSA) is 82.1 Å². The lowest BCUT2D eigenvalue weighted by molar-refractivity contribution is -0.112. The summed E-state index contributed by atoms with van der Waals surface area (Å²) < 4.78 is 15.5. The third kappa shape index (κ3) is 4.69. The molecule has 1 aromatic carbocycles. The Hall–Kier alpha value is -2.09. The zero-order chi connectivity index (χ0) is 16.5. The van der Waals surface area contributed by atoms with Gasteiger partial charge in [-0.25, -0.2) is 0 Å². The van der Waals surface area contributed by atoms with Gasteiger partial charge in [0.15, 0.2) is 0 Å². The Balaban J connectivity index is 1.58. The maximum atomic E-state index is 12.1. The highest BCUT2D eigenvalue weighted by molar-refractivity contribution is 6.21. The van der Waals surface area contributed by atoms with Gasteiger partial charge in [0.05, 0.1) is 50.7 Å². The lowest BCUT2D eigenvalue weighted by Gasteiger charge is -2.13. The molecule has 0 bridgehead atoms. The molecule has 2 rings (SSSR count). The Labute approximate surface area is 134 Å². The van der Waals surface area contributed by atoms with E-state index in [1.165, 1.54) is 4.90 Å². The molecular formula is C16H19NO6. The minimum absolute atomic E-state index is 0.0696. The molecule has 0 saturated carbocycles. The molecule has 0 saturated heterocycles. The fourth-order valence-electron chi connectivity index (χ4n) is 2.17. The quantitative estimate of drug-likeness (QED) is 0.336. The summed E-state index contributed by atoms with van der Waals surface area (Å²) in [7, 11) is 0. The number of hydrogen-bond donors (Lipinski definition) is 0. The molecule has 23 heavy (non-hydrogen) atoms. The lowest BCUT2D eigenvalue weighted by atomic mass is 10.1. The molecule has 0 aliphatic carbocycles. The molecule has 1 aromatic rings. The summed E-state index contributed by atoms with van der Waals surface area (Å²) in [4.78, 5) is 35.4. The zero-order valence-corrected chi connectivity index (χ0v) is 12.7. The van der Waals surface area contributed by atoms with Crippen molar-refractivity contribution in [2.45, 2.75) is 0 Å². The van der Waals surface area contributed by atoms with Gasteiger partial charge in [0, 0.05) is 0 Å². The van der Waals surface area contributed by atoms with E-state index in [-0.39, 0.29) is 31.6 Å². The molecule has 2 amide bonds. The number of aldehydes is 1. The van der Waals surface area contributed by atoms with Crippen LogP contribution in [0.4, 0.5) is 0 Å². The number of carbonyl (C=O) groups excluding carboxylic acids is 3. The summed E-state index contributed by atoms with van der Waals surface area (Å²) in [5.74, 6) is -0.560. The van der Waals surface area contributed by atoms with Crippen LogP contribution in [0.25, 0.3) is 0 Å². The van der Waals surface area contributed by atoms with Gasteiger partial charge in [0.25, 0.3) is 11.8 Å². The van der Waals surface area contributed by atoms with Gasteiger partial charge in [-0.1, -0.05) is 12.1 Å². The third-order valence-electron chi connectivity index (χ3n) is 3.27. The van der Waals surface area contributed by atoms with Gasteiger partial charge in [-0.3, -0.25) is 14.5 Å². The molecule has 124 valence electrons. The van der Waals surface area contributed by atoms with Gasteiger partial charge in [0.1, 0.15) is 12.9 Å². The Morgan fingerprint density at radius 1 is 0.826 bits per heavy atom. The second-order valence-corrected chi connectivity index (χ2v) is 4.77. The molecule has 0 unspecified atom stereocenters. The average molecular weight is 321 g/mol. The third-order valence-corrected chi connectivity index (χ3v) is 3.27. The number of amides is 2. The minimum atomic E-state index is -0.280. The van der Waals surface area contributed by atoms with E-state index in [2.05, 4.69) is 0 Å². The van der Waals surface area contributed by atoms with E-state index in [1.807, 2.05) is 0 Å². The van der Waals surface area contributed by atoms with Crippen molar-refractivity contribution >= 4 is 18.1 Å². The van der Waals surface area contributed by atoms with Crippen molar-refractivity contribution in [3.05, 3.63) is 35.4 Å². The average Bonchev–Trinajstić information content (AvgIpc) is 2.81. The minimum Gasteiger partial charge on any atom is -0.377 e. The van der Waals surface area contributed by atoms with E-state index in [0.717, 1.165) is 0 Å². The monoisotopic (exact) mass is 321 g/mol. The summed E-state index contributed by atoms with van der Waals surface area (Å²) in [6, 6.07) is 6.77. The second kappa shape index (κ2) is 9.14. The van der Waals surface area contributed by atoms with Crippen molar-refractivity contribution in [1.29, 1.82) is 0 Å². The van der Waals surface area contributed by atoms with E-state index < -0.39 is 0 Å². The van der Waals surface area contributed by atoms with Gasteiger partial charge in [-0.05, 0) is 12.1 Å². The van der Waals surface area contributed by atoms with Crippen LogP contribution in [0.3, 0.4) is 0 Å². The summed E-state index contributed by atoms with van der Waals surface area (Å²) in [6.07, 6.45) is 0.683. The first-order chi connectivity index (χ1) is 11.3. The second-order valence-electron chi connectivity index (χ2n) is 4.77. The first-order valence-electron chi connectivity index (χ1n) is 7.38. The van der Waals surface area contributed by atoms with Gasteiger partial charge in [-0.2, -0.15) is 0 Å². The lowest BCUT2D eigenvalue weighted by Crippen LogP contribution is -2.33. The summed E-state index contributed by atoms with van der Waals surface area (Å²) in [6.45, 7) is 2.03. The van der Waals surface area contributed by atoms with Crippen molar-refractivity contribution in [2.24, 2.45) is 0 Å². The number of hydrogen-bond acceptors (Lipinski definition) is 6. The van der Waals surface area contributed by atoms with Gasteiger partial charge >= 0.3 is 0 Å². The van der Waals surface area contributed by atoms with E-state index in [1.54, 1.807) is 24.3 Å². The van der Waals surface area contributed by atoms with Crippen LogP contribution >= 0.6 is 0 Å². The van der Waals surface area contributed by atoms with Crippen molar-refractivity contribution in [3.8, 4) is 0 Å². The number of fused-ring (bicyclic) bond motifs is 1. The summed E-state index contributed by atoms with van der Waals surface area (Å²) in [5, 5.41) is 0. The number of rotatable bonds is 11. The van der Waals surface area contributed by atoms with E-state index in [4.69, 9.17) is 14.2 Å². The number of benzene rings is 1. The number of carbonyl (C=O) groups is 3. The molecule has 1 heterocycles. The highest BCUT2D eigenvalue weighted by Crippen LogP contribution is 2.21. The van der Waals surface area contributed by atoms with Crippen LogP contribution in [-0.2, 0) is 19.0 Å². The molecule has 1 aliphatic heterocycles. The Kier molecular flexibility index (Phi) is 6.86. The van der Waals surface area contributed by atoms with E-state index >= 15 is 0 Å². The summed E-state index contributed by atoms with van der Waals surface area (Å²) >= 11 is 0. The fraction of sp³-hybridized carbons (Fsp3) is 0.438. The van der Waals surface area contributed by atoms with Crippen molar-refractivity contribution in [1.82, 2.24) is 4.90 Å². The SMILES string of the molecule is O=CCOCCOCCOCCN1C(=O)c2ccccc2C1=O. The number of imide groups is 1. The first kappa shape index (κ1) is 17.3. The summed E-state index contributed by atoms with van der Waals surface area (Å²) in [5.41, 5.74) is 0.882. The Morgan fingerprint density at radius 3 is 1.91 bits per heavy atom. The molecule has 0 spiro atoms. The van der Waals surface area contributed by atoms with Crippen molar-refractivity contribution in [2.75, 3.05) is 46.2 Å². The van der Waals surface area contributed by atoms with E-state index in [0.29, 0.717) is 43.8 Å². The number of ether oxygens (including phenoxy) is 3. The molecule has 0 fully saturated rings. The van der Waals surface area contributed by atoms with E-state index in [9.17, 15) is 14.4 Å². The Bertz CT molecular complexity index is 524. The van der Waals surface area contributed by atoms with Crippen molar-refractivity contribution < 1.29 is 28.6 Å². The standard InChI is InChI=1S/C16H19NO6/c18-6-8-22-10-12-23-11-9-21-7-5-17-15(19)13-3-1-2-4-14(13)16(17)20/h1-4,6H,5,7-12H2. The fourth-order valence-corrected chi connectivity index (χ4v) is 2.17. The molecule has 0 N–H and O–H groups in total. The maximum Gasteiger partial charge on any atom is 0.261 e. The zero-order valence-electron chi connectivity index (χ0n) is 12.7. The predicted octanol–water partition coefficient (Wildman–Crippen LogP) is 0.531. The first-order valence-corrected chi connectivity index (χ1v) is 7.38. The van der Waals surface area contributed by atoms with Crippen LogP contribution in [0.15, 0.2) is 24.3 Å². The smallest absolute Gasteiger partial charge is 0.261 e. The normalized spacial score (nSPS) is 13.5. The molecular weight excluding hydrogens is 302 g/mol. The Morgan fingerprint density at radius 2 is 1.35 bits per heavy atom. The van der Waals surface area contributed by atoms with Crippen LogP contribution in [0.1, 0.15) is 20.7 Å². The van der Waals surface area contributed by atoms with Crippen LogP contribution in [-0.4, -0.2) is 69.2 Å². The molecule has 1 aliphatic rings. The maximum absolute atomic E-state index is 12.1. The van der Waals surface area contributed by atoms with Crippen LogP contribution in [0, 0.1) is 0 Å². The highest BCUT2D eigenvalue weighted by Gasteiger charge is 2.34. The number of nitrogens with zero attached hydrogens (tertiary/aromatic N) is 1. The van der Waals surface area contributed by atoms with Crippen LogP contribution in [0.2, 0.25) is 0 Å². The van der Waals surface area contributed by atoms with Crippen LogP contribution < -0.4 is 0 Å². The van der Waals surface area contributed by atoms with Gasteiger partial charge in [0.2, 0.25) is 0 Å². The largest absolute Gasteiger partial charge is 0.377 e. The highest BCUT2D eigenvalue weighted by atomic mass is 16.5. The predicted molar refractivity (Wildman–Crippen MR) is 80.3 cm³/mol. The molecule has 0 atom stereocenters. The van der Waals surface area contributed by atoms with Crippen molar-refractivity contribution in [3.63, 3.8) is 0 Å². The van der Waals surface area contributed by atoms with Gasteiger partial charge < -0.3 is 19.0 Å². The van der Waals surface area contributed by atoms with Gasteiger partial charge in [-0.15, -0.1) is 0 Å². The molecule has 0 aromatic heterocycles. The van der Waals surface area contributed by atoms with Crippen LogP contribution in [0.5, 0.6) is 0 Å². The molecule has 7 heteroatoms. The molecule has 7 nitrogen and oxygen atoms in total. The molecule has 0 radical (unpaired) electrons.